The van der Waals surface area contributed by atoms with Gasteiger partial charge in [-0.25, -0.2) is 4.98 Å². The van der Waals surface area contributed by atoms with Crippen LogP contribution in [0.3, 0.4) is 0 Å². The second kappa shape index (κ2) is 6.13. The van der Waals surface area contributed by atoms with Crippen LogP contribution in [0.25, 0.3) is 10.2 Å². The number of amides is 1. The molecule has 7 heteroatoms. The summed E-state index contributed by atoms with van der Waals surface area (Å²) in [5.41, 5.74) is 2.27. The third kappa shape index (κ3) is 3.35. The Labute approximate surface area is 135 Å². The highest BCUT2D eigenvalue weighted by Crippen LogP contribution is 2.27. The van der Waals surface area contributed by atoms with Crippen molar-refractivity contribution in [2.75, 3.05) is 5.32 Å². The number of nitro groups is 1. The first-order valence-corrected chi connectivity index (χ1v) is 7.74. The van der Waals surface area contributed by atoms with Crippen LogP contribution in [0.2, 0.25) is 0 Å². The summed E-state index contributed by atoms with van der Waals surface area (Å²) in [5.74, 6) is -0.324. The highest BCUT2D eigenvalue weighted by molar-refractivity contribution is 7.22. The molecule has 23 heavy (non-hydrogen) atoms. The molecule has 3 aromatic rings. The van der Waals surface area contributed by atoms with Crippen LogP contribution in [0.15, 0.2) is 42.5 Å². The van der Waals surface area contributed by atoms with Crippen molar-refractivity contribution in [2.45, 2.75) is 13.3 Å². The molecule has 0 saturated heterocycles. The van der Waals surface area contributed by atoms with Gasteiger partial charge >= 0.3 is 0 Å². The maximum absolute atomic E-state index is 12.1. The Kier molecular flexibility index (Phi) is 4.03. The van der Waals surface area contributed by atoms with Gasteiger partial charge in [0, 0.05) is 11.6 Å². The second-order valence-corrected chi connectivity index (χ2v) is 6.13. The SMILES string of the molecule is Cc1ccc2nc(NC(=O)Cc3ccccc3[N+](=O)[O-])sc2c1. The first-order valence-electron chi connectivity index (χ1n) is 6.92. The van der Waals surface area contributed by atoms with Crippen LogP contribution in [0.1, 0.15) is 11.1 Å². The number of anilines is 1. The van der Waals surface area contributed by atoms with Crippen molar-refractivity contribution in [2.24, 2.45) is 0 Å². The van der Waals surface area contributed by atoms with Crippen LogP contribution in [0.4, 0.5) is 10.8 Å². The Bertz CT molecular complexity index is 904. The molecular weight excluding hydrogens is 314 g/mol. The van der Waals surface area contributed by atoms with E-state index in [1.54, 1.807) is 18.2 Å². The smallest absolute Gasteiger partial charge is 0.273 e. The first-order chi connectivity index (χ1) is 11.0. The molecule has 2 aromatic carbocycles. The molecule has 0 aliphatic carbocycles. The molecule has 6 nitrogen and oxygen atoms in total. The van der Waals surface area contributed by atoms with Crippen LogP contribution >= 0.6 is 11.3 Å². The Hall–Kier alpha value is -2.80. The lowest BCUT2D eigenvalue weighted by atomic mass is 10.1. The maximum Gasteiger partial charge on any atom is 0.273 e. The third-order valence-electron chi connectivity index (χ3n) is 3.33. The topological polar surface area (TPSA) is 85.1 Å². The molecule has 0 fully saturated rings. The van der Waals surface area contributed by atoms with Crippen LogP contribution in [-0.4, -0.2) is 15.8 Å². The van der Waals surface area contributed by atoms with E-state index >= 15 is 0 Å². The molecular formula is C16H13N3O3S. The Morgan fingerprint density at radius 1 is 1.30 bits per heavy atom. The predicted molar refractivity (Wildman–Crippen MR) is 89.8 cm³/mol. The number of aromatic nitrogens is 1. The van der Waals surface area contributed by atoms with Crippen molar-refractivity contribution in [3.63, 3.8) is 0 Å². The summed E-state index contributed by atoms with van der Waals surface area (Å²) in [6.45, 7) is 1.99. The number of nitrogens with zero attached hydrogens (tertiary/aromatic N) is 2. The van der Waals surface area contributed by atoms with Crippen LogP contribution < -0.4 is 5.32 Å². The summed E-state index contributed by atoms with van der Waals surface area (Å²) < 4.78 is 0.992. The average molecular weight is 327 g/mol. The number of carbonyl (C=O) groups is 1. The van der Waals surface area contributed by atoms with Crippen LogP contribution in [0, 0.1) is 17.0 Å². The standard InChI is InChI=1S/C16H13N3O3S/c1-10-6-7-12-14(8-10)23-16(17-12)18-15(20)9-11-4-2-3-5-13(11)19(21)22/h2-8H,9H2,1H3,(H,17,18,20). The Morgan fingerprint density at radius 3 is 2.87 bits per heavy atom. The second-order valence-electron chi connectivity index (χ2n) is 5.10. The van der Waals surface area contributed by atoms with E-state index in [9.17, 15) is 14.9 Å². The minimum Gasteiger partial charge on any atom is -0.302 e. The summed E-state index contributed by atoms with van der Waals surface area (Å²) in [7, 11) is 0. The number of hydrogen-bond donors (Lipinski definition) is 1. The molecule has 1 amide bonds. The molecule has 0 spiro atoms. The van der Waals surface area contributed by atoms with Gasteiger partial charge in [-0.1, -0.05) is 35.6 Å². The van der Waals surface area contributed by atoms with Gasteiger partial charge in [0.15, 0.2) is 5.13 Å². The molecule has 1 heterocycles. The van der Waals surface area contributed by atoms with Gasteiger partial charge < -0.3 is 5.32 Å². The molecule has 0 atom stereocenters. The van der Waals surface area contributed by atoms with Crippen molar-refractivity contribution in [3.05, 3.63) is 63.7 Å². The van der Waals surface area contributed by atoms with Gasteiger partial charge in [0.2, 0.25) is 5.91 Å². The van der Waals surface area contributed by atoms with Gasteiger partial charge in [-0.2, -0.15) is 0 Å². The number of benzene rings is 2. The number of nitrogens with one attached hydrogen (secondary N) is 1. The lowest BCUT2D eigenvalue weighted by Crippen LogP contribution is -2.15. The van der Waals surface area contributed by atoms with Gasteiger partial charge in [0.1, 0.15) is 0 Å². The summed E-state index contributed by atoms with van der Waals surface area (Å²) in [4.78, 5) is 27.0. The van der Waals surface area contributed by atoms with Crippen molar-refractivity contribution < 1.29 is 9.72 Å². The Morgan fingerprint density at radius 2 is 2.09 bits per heavy atom. The van der Waals surface area contributed by atoms with Crippen molar-refractivity contribution >= 4 is 38.3 Å². The van der Waals surface area contributed by atoms with Crippen molar-refractivity contribution in [1.29, 1.82) is 0 Å². The van der Waals surface area contributed by atoms with E-state index in [4.69, 9.17) is 0 Å². The maximum atomic E-state index is 12.1. The lowest BCUT2D eigenvalue weighted by Gasteiger charge is -2.02. The normalized spacial score (nSPS) is 10.7. The van der Waals surface area contributed by atoms with Crippen LogP contribution in [-0.2, 0) is 11.2 Å². The number of thiazole rings is 1. The minimum absolute atomic E-state index is 0.0532. The number of nitro benzene ring substituents is 1. The van der Waals surface area contributed by atoms with Crippen molar-refractivity contribution in [1.82, 2.24) is 4.98 Å². The van der Waals surface area contributed by atoms with E-state index < -0.39 is 4.92 Å². The summed E-state index contributed by atoms with van der Waals surface area (Å²) in [5, 5.41) is 14.2. The van der Waals surface area contributed by atoms with Gasteiger partial charge in [-0.05, 0) is 24.6 Å². The quantitative estimate of drug-likeness (QED) is 0.585. The fourth-order valence-corrected chi connectivity index (χ4v) is 3.24. The summed E-state index contributed by atoms with van der Waals surface area (Å²) in [6.07, 6.45) is -0.0634. The fraction of sp³-hybridized carbons (Fsp3) is 0.125. The highest BCUT2D eigenvalue weighted by Gasteiger charge is 2.16. The van der Waals surface area contributed by atoms with Crippen molar-refractivity contribution in [3.8, 4) is 0 Å². The summed E-state index contributed by atoms with van der Waals surface area (Å²) in [6, 6.07) is 12.1. The molecule has 0 aliphatic heterocycles. The average Bonchev–Trinajstić information content (AvgIpc) is 2.88. The third-order valence-corrected chi connectivity index (χ3v) is 4.26. The van der Waals surface area contributed by atoms with Gasteiger partial charge in [-0.3, -0.25) is 14.9 Å². The molecule has 0 saturated carbocycles. The zero-order valence-corrected chi connectivity index (χ0v) is 13.1. The number of aryl methyl sites for hydroxylation is 1. The number of rotatable bonds is 4. The monoisotopic (exact) mass is 327 g/mol. The molecule has 0 unspecified atom stereocenters. The molecule has 0 radical (unpaired) electrons. The van der Waals surface area contributed by atoms with E-state index in [1.807, 2.05) is 25.1 Å². The van der Waals surface area contributed by atoms with Gasteiger partial charge in [0.05, 0.1) is 21.6 Å². The molecule has 1 aromatic heterocycles. The molecule has 1 N–H and O–H groups in total. The first kappa shape index (κ1) is 15.1. The van der Waals surface area contributed by atoms with E-state index in [0.717, 1.165) is 15.8 Å². The van der Waals surface area contributed by atoms with E-state index in [2.05, 4.69) is 10.3 Å². The highest BCUT2D eigenvalue weighted by atomic mass is 32.1. The van der Waals surface area contributed by atoms with Gasteiger partial charge in [0.25, 0.3) is 5.69 Å². The number of para-hydroxylation sites is 1. The minimum atomic E-state index is -0.483. The number of carbonyl (C=O) groups excluding carboxylic acids is 1. The fourth-order valence-electron chi connectivity index (χ4n) is 2.26. The summed E-state index contributed by atoms with van der Waals surface area (Å²) >= 11 is 1.38. The zero-order valence-electron chi connectivity index (χ0n) is 12.3. The largest absolute Gasteiger partial charge is 0.302 e. The lowest BCUT2D eigenvalue weighted by molar-refractivity contribution is -0.385. The van der Waals surface area contributed by atoms with E-state index in [0.29, 0.717) is 10.7 Å². The van der Waals surface area contributed by atoms with Gasteiger partial charge in [-0.15, -0.1) is 0 Å². The van der Waals surface area contributed by atoms with E-state index in [-0.39, 0.29) is 18.0 Å². The zero-order chi connectivity index (χ0) is 16.4. The van der Waals surface area contributed by atoms with E-state index in [1.165, 1.54) is 17.4 Å². The number of fused-ring (bicyclic) bond motifs is 1. The van der Waals surface area contributed by atoms with Crippen LogP contribution in [0.5, 0.6) is 0 Å². The number of hydrogen-bond acceptors (Lipinski definition) is 5. The molecule has 116 valence electrons. The molecule has 0 bridgehead atoms. The molecule has 0 aliphatic rings. The Balaban J connectivity index is 1.77. The predicted octanol–water partition coefficient (Wildman–Crippen LogP) is 3.69. The molecule has 3 rings (SSSR count).